The fraction of sp³-hybridized carbons (Fsp3) is 0.267. The summed E-state index contributed by atoms with van der Waals surface area (Å²) < 4.78 is 0. The van der Waals surface area contributed by atoms with E-state index in [2.05, 4.69) is 31.3 Å². The Morgan fingerprint density at radius 2 is 1.94 bits per heavy atom. The molecular formula is C15H17NOS. The lowest BCUT2D eigenvalue weighted by atomic mass is 9.84. The van der Waals surface area contributed by atoms with Crippen molar-refractivity contribution < 1.29 is 4.79 Å². The molecule has 0 unspecified atom stereocenters. The predicted octanol–water partition coefficient (Wildman–Crippen LogP) is 3.46. The summed E-state index contributed by atoms with van der Waals surface area (Å²) in [5, 5.41) is 6.77. The lowest BCUT2D eigenvalue weighted by Crippen LogP contribution is -2.36. The van der Waals surface area contributed by atoms with Gasteiger partial charge >= 0.3 is 0 Å². The van der Waals surface area contributed by atoms with Crippen molar-refractivity contribution in [1.29, 1.82) is 0 Å². The van der Waals surface area contributed by atoms with Gasteiger partial charge < -0.3 is 5.32 Å². The van der Waals surface area contributed by atoms with Crippen molar-refractivity contribution in [2.75, 3.05) is 6.54 Å². The molecule has 1 N–H and O–H groups in total. The van der Waals surface area contributed by atoms with Gasteiger partial charge in [-0.2, -0.15) is 11.3 Å². The van der Waals surface area contributed by atoms with E-state index in [4.69, 9.17) is 0 Å². The summed E-state index contributed by atoms with van der Waals surface area (Å²) in [6, 6.07) is 12.1. The van der Waals surface area contributed by atoms with Gasteiger partial charge in [-0.05, 0) is 17.0 Å². The molecule has 1 heterocycles. The standard InChI is InChI=1S/C15H17NOS/c1-15(2,13-6-4-3-5-7-13)11-16-14(17)12-8-9-18-10-12/h3-10H,11H2,1-2H3,(H,16,17). The zero-order chi connectivity index (χ0) is 13.0. The van der Waals surface area contributed by atoms with Crippen LogP contribution in [0, 0.1) is 0 Å². The maximum Gasteiger partial charge on any atom is 0.252 e. The van der Waals surface area contributed by atoms with E-state index in [1.807, 2.05) is 35.0 Å². The second-order valence-corrected chi connectivity index (χ2v) is 5.72. The fourth-order valence-electron chi connectivity index (χ4n) is 1.79. The first-order valence-electron chi connectivity index (χ1n) is 5.95. The summed E-state index contributed by atoms with van der Waals surface area (Å²) in [7, 11) is 0. The Hall–Kier alpha value is -1.61. The van der Waals surface area contributed by atoms with E-state index >= 15 is 0 Å². The number of benzene rings is 1. The molecule has 0 aliphatic carbocycles. The molecule has 0 fully saturated rings. The van der Waals surface area contributed by atoms with Crippen molar-refractivity contribution in [2.24, 2.45) is 0 Å². The maximum atomic E-state index is 11.9. The number of hydrogen-bond acceptors (Lipinski definition) is 2. The largest absolute Gasteiger partial charge is 0.351 e. The van der Waals surface area contributed by atoms with Gasteiger partial charge in [-0.25, -0.2) is 0 Å². The Morgan fingerprint density at radius 3 is 2.56 bits per heavy atom. The smallest absolute Gasteiger partial charge is 0.252 e. The SMILES string of the molecule is CC(C)(CNC(=O)c1ccsc1)c1ccccc1. The van der Waals surface area contributed by atoms with Gasteiger partial charge in [0.25, 0.3) is 5.91 Å². The van der Waals surface area contributed by atoms with Crippen LogP contribution in [0.25, 0.3) is 0 Å². The number of amides is 1. The Morgan fingerprint density at radius 1 is 1.22 bits per heavy atom. The molecule has 2 rings (SSSR count). The van der Waals surface area contributed by atoms with E-state index in [0.717, 1.165) is 5.56 Å². The van der Waals surface area contributed by atoms with Crippen LogP contribution in [-0.4, -0.2) is 12.5 Å². The Labute approximate surface area is 112 Å². The van der Waals surface area contributed by atoms with Gasteiger partial charge in [0.05, 0.1) is 0 Å². The first-order chi connectivity index (χ1) is 8.59. The number of carbonyl (C=O) groups excluding carboxylic acids is 1. The molecule has 1 aromatic heterocycles. The summed E-state index contributed by atoms with van der Waals surface area (Å²) in [6.07, 6.45) is 0. The highest BCUT2D eigenvalue weighted by molar-refractivity contribution is 7.08. The highest BCUT2D eigenvalue weighted by atomic mass is 32.1. The molecular weight excluding hydrogens is 242 g/mol. The van der Waals surface area contributed by atoms with Crippen LogP contribution in [0.3, 0.4) is 0 Å². The minimum atomic E-state index is -0.0626. The molecule has 1 aromatic carbocycles. The van der Waals surface area contributed by atoms with E-state index in [0.29, 0.717) is 6.54 Å². The maximum absolute atomic E-state index is 11.9. The Balaban J connectivity index is 1.99. The second-order valence-electron chi connectivity index (χ2n) is 4.94. The summed E-state index contributed by atoms with van der Waals surface area (Å²) in [6.45, 7) is 4.90. The highest BCUT2D eigenvalue weighted by Gasteiger charge is 2.21. The lowest BCUT2D eigenvalue weighted by Gasteiger charge is -2.25. The third-order valence-electron chi connectivity index (χ3n) is 3.03. The van der Waals surface area contributed by atoms with E-state index in [-0.39, 0.29) is 11.3 Å². The molecule has 2 nitrogen and oxygen atoms in total. The minimum absolute atomic E-state index is 0.000237. The average Bonchev–Trinajstić information content (AvgIpc) is 2.91. The number of carbonyl (C=O) groups is 1. The van der Waals surface area contributed by atoms with Crippen molar-refractivity contribution >= 4 is 17.2 Å². The van der Waals surface area contributed by atoms with Crippen LogP contribution in [0.15, 0.2) is 47.2 Å². The fourth-order valence-corrected chi connectivity index (χ4v) is 2.42. The topological polar surface area (TPSA) is 29.1 Å². The molecule has 1 amide bonds. The Bertz CT molecular complexity index is 503. The van der Waals surface area contributed by atoms with E-state index in [1.54, 1.807) is 0 Å². The molecule has 94 valence electrons. The molecule has 0 radical (unpaired) electrons. The van der Waals surface area contributed by atoms with E-state index < -0.39 is 0 Å². The lowest BCUT2D eigenvalue weighted by molar-refractivity contribution is 0.0946. The number of rotatable bonds is 4. The molecule has 0 aliphatic rings. The van der Waals surface area contributed by atoms with Gasteiger partial charge in [0, 0.05) is 22.9 Å². The number of nitrogens with one attached hydrogen (secondary N) is 1. The van der Waals surface area contributed by atoms with Crippen LogP contribution in [0.2, 0.25) is 0 Å². The van der Waals surface area contributed by atoms with Crippen molar-refractivity contribution in [3.8, 4) is 0 Å². The van der Waals surface area contributed by atoms with Crippen molar-refractivity contribution in [3.63, 3.8) is 0 Å². The van der Waals surface area contributed by atoms with Gasteiger partial charge in [0.1, 0.15) is 0 Å². The van der Waals surface area contributed by atoms with Crippen molar-refractivity contribution in [1.82, 2.24) is 5.32 Å². The summed E-state index contributed by atoms with van der Waals surface area (Å²) in [5.41, 5.74) is 1.91. The molecule has 0 saturated heterocycles. The molecule has 0 aliphatic heterocycles. The first-order valence-corrected chi connectivity index (χ1v) is 6.90. The van der Waals surface area contributed by atoms with Gasteiger partial charge in [-0.3, -0.25) is 4.79 Å². The molecule has 0 atom stereocenters. The third-order valence-corrected chi connectivity index (χ3v) is 3.71. The number of hydrogen-bond donors (Lipinski definition) is 1. The molecule has 18 heavy (non-hydrogen) atoms. The average molecular weight is 259 g/mol. The summed E-state index contributed by atoms with van der Waals surface area (Å²) in [4.78, 5) is 11.9. The first kappa shape index (κ1) is 12.8. The summed E-state index contributed by atoms with van der Waals surface area (Å²) in [5.74, 6) is 0.000237. The predicted molar refractivity (Wildman–Crippen MR) is 76.1 cm³/mol. The van der Waals surface area contributed by atoms with Crippen LogP contribution in [0.1, 0.15) is 29.8 Å². The van der Waals surface area contributed by atoms with Gasteiger partial charge in [0.2, 0.25) is 0 Å². The quantitative estimate of drug-likeness (QED) is 0.895. The Kier molecular flexibility index (Phi) is 3.82. The molecule has 0 saturated carbocycles. The van der Waals surface area contributed by atoms with Crippen molar-refractivity contribution in [3.05, 3.63) is 58.3 Å². The van der Waals surface area contributed by atoms with Gasteiger partial charge in [0.15, 0.2) is 0 Å². The normalized spacial score (nSPS) is 11.2. The van der Waals surface area contributed by atoms with E-state index in [1.165, 1.54) is 16.9 Å². The van der Waals surface area contributed by atoms with Crippen LogP contribution in [-0.2, 0) is 5.41 Å². The second kappa shape index (κ2) is 5.36. The third kappa shape index (κ3) is 2.99. The van der Waals surface area contributed by atoms with Crippen LogP contribution in [0.5, 0.6) is 0 Å². The molecule has 2 aromatic rings. The minimum Gasteiger partial charge on any atom is -0.351 e. The highest BCUT2D eigenvalue weighted by Crippen LogP contribution is 2.21. The van der Waals surface area contributed by atoms with Crippen LogP contribution in [0.4, 0.5) is 0 Å². The monoisotopic (exact) mass is 259 g/mol. The van der Waals surface area contributed by atoms with E-state index in [9.17, 15) is 4.79 Å². The van der Waals surface area contributed by atoms with Crippen molar-refractivity contribution in [2.45, 2.75) is 19.3 Å². The molecule has 3 heteroatoms. The number of thiophene rings is 1. The van der Waals surface area contributed by atoms with Gasteiger partial charge in [-0.15, -0.1) is 0 Å². The van der Waals surface area contributed by atoms with Crippen LogP contribution >= 0.6 is 11.3 Å². The zero-order valence-corrected chi connectivity index (χ0v) is 11.5. The van der Waals surface area contributed by atoms with Gasteiger partial charge in [-0.1, -0.05) is 44.2 Å². The molecule has 0 spiro atoms. The zero-order valence-electron chi connectivity index (χ0n) is 10.6. The summed E-state index contributed by atoms with van der Waals surface area (Å²) >= 11 is 1.54. The molecule has 0 bridgehead atoms. The van der Waals surface area contributed by atoms with Crippen LogP contribution < -0.4 is 5.32 Å².